The highest BCUT2D eigenvalue weighted by atomic mass is 19.3. The molecule has 0 aliphatic heterocycles. The molecule has 0 bridgehead atoms. The predicted molar refractivity (Wildman–Crippen MR) is 76.1 cm³/mol. The van der Waals surface area contributed by atoms with Gasteiger partial charge in [-0.05, 0) is 31.0 Å². The maximum atomic E-state index is 12.5. The van der Waals surface area contributed by atoms with Crippen molar-refractivity contribution in [3.63, 3.8) is 0 Å². The highest BCUT2D eigenvalue weighted by Crippen LogP contribution is 2.39. The third-order valence-electron chi connectivity index (χ3n) is 3.35. The summed E-state index contributed by atoms with van der Waals surface area (Å²) in [4.78, 5) is 10.4. The van der Waals surface area contributed by atoms with Crippen LogP contribution < -0.4 is 4.74 Å². The number of alkyl halides is 2. The Kier molecular flexibility index (Phi) is 3.40. The summed E-state index contributed by atoms with van der Waals surface area (Å²) in [5, 5.41) is 11.9. The lowest BCUT2D eigenvalue weighted by Crippen LogP contribution is -2.02. The summed E-state index contributed by atoms with van der Waals surface area (Å²) in [5.41, 5.74) is 1.12. The Hall–Kier alpha value is -2.70. The van der Waals surface area contributed by atoms with Crippen molar-refractivity contribution >= 4 is 27.6 Å². The number of halogens is 2. The fraction of sp³-hybridized carbons (Fsp3) is 0.133. The van der Waals surface area contributed by atoms with Gasteiger partial charge in [-0.2, -0.15) is 8.78 Å². The molecule has 7 heteroatoms. The molecule has 0 N–H and O–H groups in total. The second kappa shape index (κ2) is 5.25. The minimum absolute atomic E-state index is 0.106. The van der Waals surface area contributed by atoms with Gasteiger partial charge in [-0.3, -0.25) is 10.1 Å². The van der Waals surface area contributed by atoms with Gasteiger partial charge in [0.15, 0.2) is 11.3 Å². The van der Waals surface area contributed by atoms with Gasteiger partial charge in [-0.1, -0.05) is 6.07 Å². The van der Waals surface area contributed by atoms with Gasteiger partial charge in [0.05, 0.1) is 4.92 Å². The quantitative estimate of drug-likeness (QED) is 0.527. The normalized spacial score (nSPS) is 11.5. The average molecular weight is 306 g/mol. The van der Waals surface area contributed by atoms with Crippen LogP contribution >= 0.6 is 0 Å². The highest BCUT2D eigenvalue weighted by Gasteiger charge is 2.19. The zero-order chi connectivity index (χ0) is 15.9. The predicted octanol–water partition coefficient (Wildman–Crippen LogP) is 4.47. The molecule has 0 atom stereocenters. The minimum atomic E-state index is -2.99. The molecule has 0 amide bonds. The number of ether oxygens (including phenoxy) is 1. The zero-order valence-corrected chi connectivity index (χ0v) is 11.2. The highest BCUT2D eigenvalue weighted by molar-refractivity contribution is 6.09. The van der Waals surface area contributed by atoms with E-state index in [4.69, 9.17) is 4.42 Å². The molecule has 3 aromatic rings. The van der Waals surface area contributed by atoms with Crippen molar-refractivity contribution in [3.8, 4) is 5.75 Å². The van der Waals surface area contributed by atoms with E-state index in [1.807, 2.05) is 0 Å². The van der Waals surface area contributed by atoms with Crippen LogP contribution in [0.4, 0.5) is 14.5 Å². The molecule has 0 fully saturated rings. The average Bonchev–Trinajstić information content (AvgIpc) is 2.86. The fourth-order valence-corrected chi connectivity index (χ4v) is 2.42. The van der Waals surface area contributed by atoms with E-state index in [0.29, 0.717) is 22.8 Å². The van der Waals surface area contributed by atoms with Gasteiger partial charge in [0.25, 0.3) is 5.69 Å². The van der Waals surface area contributed by atoms with Crippen molar-refractivity contribution in [2.75, 3.05) is 0 Å². The van der Waals surface area contributed by atoms with E-state index >= 15 is 0 Å². The van der Waals surface area contributed by atoms with E-state index in [9.17, 15) is 18.9 Å². The van der Waals surface area contributed by atoms with Gasteiger partial charge < -0.3 is 9.15 Å². The molecule has 113 valence electrons. The maximum absolute atomic E-state index is 12.5. The Balaban J connectivity index is 2.36. The smallest absolute Gasteiger partial charge is 0.387 e. The van der Waals surface area contributed by atoms with Crippen molar-refractivity contribution in [2.45, 2.75) is 13.0 Å². The monoisotopic (exact) mass is 306 g/mol. The van der Waals surface area contributed by atoms with Crippen LogP contribution in [0.15, 0.2) is 34.7 Å². The number of rotatable bonds is 4. The number of benzene rings is 2. The molecule has 1 radical (unpaired) electrons. The number of hydrogen-bond acceptors (Lipinski definition) is 4. The summed E-state index contributed by atoms with van der Waals surface area (Å²) >= 11 is 0. The van der Waals surface area contributed by atoms with Gasteiger partial charge >= 0.3 is 6.61 Å². The van der Waals surface area contributed by atoms with Crippen molar-refractivity contribution in [1.82, 2.24) is 0 Å². The molecule has 0 aliphatic carbocycles. The van der Waals surface area contributed by atoms with E-state index < -0.39 is 11.5 Å². The van der Waals surface area contributed by atoms with Crippen LogP contribution in [-0.4, -0.2) is 11.5 Å². The summed E-state index contributed by atoms with van der Waals surface area (Å²) in [6, 6.07) is 7.06. The molecular weight excluding hydrogens is 296 g/mol. The molecule has 0 unspecified atom stereocenters. The fourth-order valence-electron chi connectivity index (χ4n) is 2.42. The molecule has 1 aromatic heterocycles. The number of nitrogens with zero attached hydrogens (tertiary/aromatic N) is 1. The molecular formula is C15H10F2NO4. The van der Waals surface area contributed by atoms with E-state index in [2.05, 4.69) is 11.7 Å². The van der Waals surface area contributed by atoms with E-state index in [1.165, 1.54) is 24.3 Å². The number of hydrogen-bond donors (Lipinski definition) is 0. The van der Waals surface area contributed by atoms with Crippen LogP contribution in [0.2, 0.25) is 0 Å². The third kappa shape index (κ3) is 2.24. The van der Waals surface area contributed by atoms with Gasteiger partial charge in [0, 0.05) is 22.9 Å². The largest absolute Gasteiger partial charge is 0.452 e. The van der Waals surface area contributed by atoms with Gasteiger partial charge in [-0.15, -0.1) is 0 Å². The molecule has 0 saturated carbocycles. The summed E-state index contributed by atoms with van der Waals surface area (Å²) < 4.78 is 35.0. The number of fused-ring (bicyclic) bond motifs is 3. The second-order valence-corrected chi connectivity index (χ2v) is 4.60. The first-order valence-corrected chi connectivity index (χ1v) is 6.38. The zero-order valence-electron chi connectivity index (χ0n) is 11.2. The van der Waals surface area contributed by atoms with Crippen LogP contribution in [-0.2, 0) is 6.42 Å². The van der Waals surface area contributed by atoms with Crippen LogP contribution in [0.5, 0.6) is 5.75 Å². The molecule has 1 heterocycles. The van der Waals surface area contributed by atoms with Crippen LogP contribution in [0.3, 0.4) is 0 Å². The van der Waals surface area contributed by atoms with Crippen LogP contribution in [0, 0.1) is 17.0 Å². The van der Waals surface area contributed by atoms with Gasteiger partial charge in [0.1, 0.15) is 5.58 Å². The summed E-state index contributed by atoms with van der Waals surface area (Å²) in [5.74, 6) is -0.110. The van der Waals surface area contributed by atoms with E-state index in [1.54, 1.807) is 6.07 Å². The van der Waals surface area contributed by atoms with Crippen molar-refractivity contribution < 1.29 is 22.9 Å². The Morgan fingerprint density at radius 1 is 1.32 bits per heavy atom. The van der Waals surface area contributed by atoms with Crippen molar-refractivity contribution in [2.24, 2.45) is 0 Å². The SMILES string of the molecule is [CH2]Cc1ccc(OC(F)F)c2oc3ccc([N+](=O)[O-])cc3c12. The first kappa shape index (κ1) is 14.2. The van der Waals surface area contributed by atoms with E-state index in [0.717, 1.165) is 5.56 Å². The molecule has 0 spiro atoms. The van der Waals surface area contributed by atoms with E-state index in [-0.39, 0.29) is 17.0 Å². The van der Waals surface area contributed by atoms with Crippen molar-refractivity contribution in [1.29, 1.82) is 0 Å². The lowest BCUT2D eigenvalue weighted by Gasteiger charge is -2.06. The Labute approximate surface area is 123 Å². The van der Waals surface area contributed by atoms with Crippen molar-refractivity contribution in [3.05, 3.63) is 52.9 Å². The van der Waals surface area contributed by atoms with Gasteiger partial charge in [0.2, 0.25) is 0 Å². The topological polar surface area (TPSA) is 65.5 Å². The standard InChI is InChI=1S/C15H10F2NO4/c1-2-8-3-5-12(22-15(16)17)14-13(8)10-7-9(18(19)20)4-6-11(10)21-14/h3-7,15H,1-2H2. The Bertz CT molecular complexity index is 873. The summed E-state index contributed by atoms with van der Waals surface area (Å²) in [6.07, 6.45) is 0.378. The minimum Gasteiger partial charge on any atom is -0.452 e. The first-order chi connectivity index (χ1) is 10.5. The van der Waals surface area contributed by atoms with Crippen LogP contribution in [0.1, 0.15) is 5.56 Å². The summed E-state index contributed by atoms with van der Waals surface area (Å²) in [7, 11) is 0. The lowest BCUT2D eigenvalue weighted by atomic mass is 10.0. The number of furan rings is 1. The van der Waals surface area contributed by atoms with Crippen LogP contribution in [0.25, 0.3) is 21.9 Å². The first-order valence-electron chi connectivity index (χ1n) is 6.38. The lowest BCUT2D eigenvalue weighted by molar-refractivity contribution is -0.384. The summed E-state index contributed by atoms with van der Waals surface area (Å²) in [6.45, 7) is 0.787. The maximum Gasteiger partial charge on any atom is 0.387 e. The molecule has 5 nitrogen and oxygen atoms in total. The molecule has 0 aliphatic rings. The third-order valence-corrected chi connectivity index (χ3v) is 3.35. The molecule has 3 rings (SSSR count). The van der Waals surface area contributed by atoms with Gasteiger partial charge in [-0.25, -0.2) is 0 Å². The number of non-ortho nitro benzene ring substituents is 1. The Morgan fingerprint density at radius 2 is 2.09 bits per heavy atom. The molecule has 22 heavy (non-hydrogen) atoms. The molecule has 0 saturated heterocycles. The Morgan fingerprint density at radius 3 is 2.73 bits per heavy atom. The number of nitro groups is 1. The second-order valence-electron chi connectivity index (χ2n) is 4.60. The number of nitro benzene ring substituents is 1. The molecule has 2 aromatic carbocycles.